The molecule has 1 aromatic heterocycles. The quantitative estimate of drug-likeness (QED) is 0.938. The lowest BCUT2D eigenvalue weighted by Crippen LogP contribution is -2.34. The van der Waals surface area contributed by atoms with E-state index in [1.54, 1.807) is 0 Å². The maximum atomic E-state index is 11.5. The van der Waals surface area contributed by atoms with Crippen LogP contribution in [0.25, 0.3) is 10.9 Å². The lowest BCUT2D eigenvalue weighted by Gasteiger charge is -2.23. The molecule has 4 heteroatoms. The van der Waals surface area contributed by atoms with Crippen molar-refractivity contribution >= 4 is 16.9 Å². The number of fused-ring (bicyclic) bond motifs is 1. The van der Waals surface area contributed by atoms with Crippen molar-refractivity contribution in [3.8, 4) is 0 Å². The van der Waals surface area contributed by atoms with Gasteiger partial charge < -0.3 is 5.11 Å². The fourth-order valence-corrected chi connectivity index (χ4v) is 3.13. The largest absolute Gasteiger partial charge is 0.481 e. The van der Waals surface area contributed by atoms with Crippen LogP contribution in [0.15, 0.2) is 36.4 Å². The van der Waals surface area contributed by atoms with E-state index in [4.69, 9.17) is 0 Å². The molecule has 0 bridgehead atoms. The number of nitrogens with zero attached hydrogens (tertiary/aromatic N) is 2. The number of likely N-dealkylation sites (tertiary alicyclic amines) is 1. The van der Waals surface area contributed by atoms with Gasteiger partial charge in [-0.3, -0.25) is 14.7 Å². The molecular formula is C17H20N2O2. The summed E-state index contributed by atoms with van der Waals surface area (Å²) in [7, 11) is 0. The highest BCUT2D eigenvalue weighted by Gasteiger charge is 2.43. The zero-order valence-electron chi connectivity index (χ0n) is 12.2. The van der Waals surface area contributed by atoms with Crippen LogP contribution < -0.4 is 0 Å². The van der Waals surface area contributed by atoms with Gasteiger partial charge in [0.1, 0.15) is 0 Å². The molecule has 1 unspecified atom stereocenters. The molecule has 1 fully saturated rings. The van der Waals surface area contributed by atoms with Crippen molar-refractivity contribution in [3.63, 3.8) is 0 Å². The molecule has 0 spiro atoms. The Morgan fingerprint density at radius 3 is 2.86 bits per heavy atom. The number of carboxylic acid groups (broad SMARTS) is 1. The highest BCUT2D eigenvalue weighted by atomic mass is 16.4. The number of aliphatic carboxylic acids is 1. The Bertz CT molecular complexity index is 671. The first kappa shape index (κ1) is 14.0. The number of rotatable bonds is 4. The van der Waals surface area contributed by atoms with Gasteiger partial charge >= 0.3 is 5.97 Å². The SMILES string of the molecule is CCC1(C(=O)O)CCN(Cc2ccc3ccccc3n2)C1. The van der Waals surface area contributed by atoms with E-state index in [2.05, 4.69) is 22.0 Å². The summed E-state index contributed by atoms with van der Waals surface area (Å²) in [5.74, 6) is -0.668. The normalized spacial score (nSPS) is 22.7. The van der Waals surface area contributed by atoms with Gasteiger partial charge in [0, 0.05) is 18.5 Å². The van der Waals surface area contributed by atoms with Gasteiger partial charge in [-0.05, 0) is 31.5 Å². The third-order valence-electron chi connectivity index (χ3n) is 4.61. The van der Waals surface area contributed by atoms with Crippen LogP contribution in [-0.4, -0.2) is 34.0 Å². The van der Waals surface area contributed by atoms with E-state index in [1.165, 1.54) is 0 Å². The van der Waals surface area contributed by atoms with Crippen molar-refractivity contribution in [1.82, 2.24) is 9.88 Å². The molecule has 0 amide bonds. The Morgan fingerprint density at radius 2 is 2.14 bits per heavy atom. The van der Waals surface area contributed by atoms with Crippen molar-refractivity contribution in [2.75, 3.05) is 13.1 Å². The van der Waals surface area contributed by atoms with Crippen LogP contribution in [-0.2, 0) is 11.3 Å². The van der Waals surface area contributed by atoms with Crippen molar-refractivity contribution < 1.29 is 9.90 Å². The number of aromatic nitrogens is 1. The Hall–Kier alpha value is -1.94. The molecule has 1 saturated heterocycles. The highest BCUT2D eigenvalue weighted by Crippen LogP contribution is 2.34. The van der Waals surface area contributed by atoms with E-state index in [0.29, 0.717) is 13.0 Å². The summed E-state index contributed by atoms with van der Waals surface area (Å²) >= 11 is 0. The van der Waals surface area contributed by atoms with Gasteiger partial charge in [0.2, 0.25) is 0 Å². The summed E-state index contributed by atoms with van der Waals surface area (Å²) in [5, 5.41) is 10.6. The van der Waals surface area contributed by atoms with Crippen LogP contribution in [0.3, 0.4) is 0 Å². The predicted octanol–water partition coefficient (Wildman–Crippen LogP) is 2.92. The van der Waals surface area contributed by atoms with Crippen LogP contribution in [0.2, 0.25) is 0 Å². The average Bonchev–Trinajstić information content (AvgIpc) is 2.92. The molecule has 110 valence electrons. The molecule has 1 aromatic carbocycles. The summed E-state index contributed by atoms with van der Waals surface area (Å²) in [5.41, 5.74) is 1.43. The molecule has 0 radical (unpaired) electrons. The van der Waals surface area contributed by atoms with Gasteiger partial charge in [-0.15, -0.1) is 0 Å². The predicted molar refractivity (Wildman–Crippen MR) is 82.0 cm³/mol. The number of para-hydroxylation sites is 1. The molecule has 4 nitrogen and oxygen atoms in total. The summed E-state index contributed by atoms with van der Waals surface area (Å²) in [4.78, 5) is 18.4. The second kappa shape index (κ2) is 5.45. The molecule has 1 aliphatic heterocycles. The number of benzene rings is 1. The molecule has 0 aliphatic carbocycles. The molecule has 2 heterocycles. The first-order valence-corrected chi connectivity index (χ1v) is 7.43. The number of hydrogen-bond acceptors (Lipinski definition) is 3. The van der Waals surface area contributed by atoms with E-state index in [0.717, 1.165) is 36.1 Å². The van der Waals surface area contributed by atoms with Crippen LogP contribution in [0.1, 0.15) is 25.5 Å². The zero-order chi connectivity index (χ0) is 14.9. The molecule has 2 aromatic rings. The van der Waals surface area contributed by atoms with Crippen molar-refractivity contribution in [1.29, 1.82) is 0 Å². The number of carboxylic acids is 1. The van der Waals surface area contributed by atoms with E-state index < -0.39 is 11.4 Å². The summed E-state index contributed by atoms with van der Waals surface area (Å²) in [6, 6.07) is 12.2. The van der Waals surface area contributed by atoms with Gasteiger partial charge in [0.15, 0.2) is 0 Å². The Kier molecular flexibility index (Phi) is 3.64. The Balaban J connectivity index is 1.76. The van der Waals surface area contributed by atoms with Crippen LogP contribution >= 0.6 is 0 Å². The third kappa shape index (κ3) is 2.63. The maximum absolute atomic E-state index is 11.5. The van der Waals surface area contributed by atoms with Crippen LogP contribution in [0.4, 0.5) is 0 Å². The van der Waals surface area contributed by atoms with E-state index in [-0.39, 0.29) is 0 Å². The topological polar surface area (TPSA) is 53.4 Å². The molecule has 21 heavy (non-hydrogen) atoms. The summed E-state index contributed by atoms with van der Waals surface area (Å²) in [6.45, 7) is 4.13. The molecule has 3 rings (SSSR count). The molecule has 1 N–H and O–H groups in total. The average molecular weight is 284 g/mol. The number of hydrogen-bond donors (Lipinski definition) is 1. The molecule has 1 aliphatic rings. The summed E-state index contributed by atoms with van der Waals surface area (Å²) in [6.07, 6.45) is 1.41. The summed E-state index contributed by atoms with van der Waals surface area (Å²) < 4.78 is 0. The second-order valence-electron chi connectivity index (χ2n) is 5.89. The lowest BCUT2D eigenvalue weighted by molar-refractivity contribution is -0.148. The second-order valence-corrected chi connectivity index (χ2v) is 5.89. The first-order valence-electron chi connectivity index (χ1n) is 7.43. The minimum atomic E-state index is -0.668. The van der Waals surface area contributed by atoms with Crippen molar-refractivity contribution in [3.05, 3.63) is 42.1 Å². The molecule has 1 atom stereocenters. The number of pyridine rings is 1. The monoisotopic (exact) mass is 284 g/mol. The zero-order valence-corrected chi connectivity index (χ0v) is 12.2. The highest BCUT2D eigenvalue weighted by molar-refractivity contribution is 5.78. The minimum absolute atomic E-state index is 0.573. The standard InChI is InChI=1S/C17H20N2O2/c1-2-17(16(20)21)9-10-19(12-17)11-14-8-7-13-5-3-4-6-15(13)18-14/h3-8H,2,9-12H2,1H3,(H,20,21). The smallest absolute Gasteiger partial charge is 0.310 e. The van der Waals surface area contributed by atoms with Gasteiger partial charge in [-0.1, -0.05) is 31.2 Å². The Morgan fingerprint density at radius 1 is 1.33 bits per heavy atom. The fraction of sp³-hybridized carbons (Fsp3) is 0.412. The first-order chi connectivity index (χ1) is 10.1. The van der Waals surface area contributed by atoms with Gasteiger partial charge in [0.25, 0.3) is 0 Å². The van der Waals surface area contributed by atoms with E-state index >= 15 is 0 Å². The van der Waals surface area contributed by atoms with Crippen molar-refractivity contribution in [2.45, 2.75) is 26.3 Å². The maximum Gasteiger partial charge on any atom is 0.310 e. The molecule has 0 saturated carbocycles. The number of carbonyl (C=O) groups is 1. The van der Waals surface area contributed by atoms with Gasteiger partial charge in [0.05, 0.1) is 16.6 Å². The van der Waals surface area contributed by atoms with Crippen LogP contribution in [0, 0.1) is 5.41 Å². The lowest BCUT2D eigenvalue weighted by atomic mass is 9.84. The van der Waals surface area contributed by atoms with E-state index in [1.807, 2.05) is 31.2 Å². The van der Waals surface area contributed by atoms with Crippen LogP contribution in [0.5, 0.6) is 0 Å². The fourth-order valence-electron chi connectivity index (χ4n) is 3.13. The van der Waals surface area contributed by atoms with Crippen molar-refractivity contribution in [2.24, 2.45) is 5.41 Å². The third-order valence-corrected chi connectivity index (χ3v) is 4.61. The Labute approximate surface area is 124 Å². The van der Waals surface area contributed by atoms with Gasteiger partial charge in [-0.25, -0.2) is 0 Å². The molecular weight excluding hydrogens is 264 g/mol. The van der Waals surface area contributed by atoms with E-state index in [9.17, 15) is 9.90 Å². The van der Waals surface area contributed by atoms with Gasteiger partial charge in [-0.2, -0.15) is 0 Å². The minimum Gasteiger partial charge on any atom is -0.481 e.